The maximum Gasteiger partial charge on any atom is 0.339 e. The summed E-state index contributed by atoms with van der Waals surface area (Å²) in [6.45, 7) is 5.25. The Kier molecular flexibility index (Phi) is 5.05. The van der Waals surface area contributed by atoms with Crippen molar-refractivity contribution < 1.29 is 18.8 Å². The number of pyridine rings is 1. The van der Waals surface area contributed by atoms with Crippen molar-refractivity contribution in [3.8, 4) is 0 Å². The molecule has 1 atom stereocenters. The van der Waals surface area contributed by atoms with E-state index in [0.29, 0.717) is 11.3 Å². The summed E-state index contributed by atoms with van der Waals surface area (Å²) in [5.41, 5.74) is 4.24. The number of carbonyl (C=O) groups excluding carboxylic acids is 2. The van der Waals surface area contributed by atoms with Gasteiger partial charge in [0, 0.05) is 17.1 Å². The Morgan fingerprint density at radius 2 is 1.97 bits per heavy atom. The molecule has 4 rings (SSSR count). The van der Waals surface area contributed by atoms with Gasteiger partial charge in [-0.25, -0.2) is 4.79 Å². The number of rotatable bonds is 4. The monoisotopic (exact) mass is 393 g/mol. The molecule has 1 aliphatic carbocycles. The van der Waals surface area contributed by atoms with E-state index in [1.807, 2.05) is 25.1 Å². The van der Waals surface area contributed by atoms with E-state index in [4.69, 9.17) is 14.2 Å². The fraction of sp³-hybridized carbons (Fsp3) is 0.364. The number of nitrogens with zero attached hydrogens (tertiary/aromatic N) is 2. The van der Waals surface area contributed by atoms with Gasteiger partial charge in [-0.15, -0.1) is 0 Å². The van der Waals surface area contributed by atoms with E-state index < -0.39 is 18.0 Å². The average molecular weight is 393 g/mol. The summed E-state index contributed by atoms with van der Waals surface area (Å²) >= 11 is 0. The molecule has 1 aromatic carbocycles. The van der Waals surface area contributed by atoms with Crippen molar-refractivity contribution in [2.45, 2.75) is 52.6 Å². The van der Waals surface area contributed by atoms with E-state index in [1.54, 1.807) is 19.9 Å². The second kappa shape index (κ2) is 7.66. The van der Waals surface area contributed by atoms with Crippen molar-refractivity contribution in [2.75, 3.05) is 5.32 Å². The largest absolute Gasteiger partial charge is 0.449 e. The van der Waals surface area contributed by atoms with Crippen LogP contribution in [0, 0.1) is 13.8 Å². The number of benzene rings is 1. The van der Waals surface area contributed by atoms with Crippen LogP contribution in [0.1, 0.15) is 52.7 Å². The third-order valence-electron chi connectivity index (χ3n) is 5.15. The molecule has 0 unspecified atom stereocenters. The fourth-order valence-corrected chi connectivity index (χ4v) is 3.70. The van der Waals surface area contributed by atoms with Gasteiger partial charge in [-0.1, -0.05) is 16.8 Å². The second-order valence-corrected chi connectivity index (χ2v) is 7.50. The van der Waals surface area contributed by atoms with Crippen LogP contribution in [0.2, 0.25) is 0 Å². The predicted octanol–water partition coefficient (Wildman–Crippen LogP) is 3.90. The number of ether oxygens (including phenoxy) is 1. The third-order valence-corrected chi connectivity index (χ3v) is 5.15. The SMILES string of the molecule is Cc1ccc2nc3c(c(C(=O)O[C@@H](C)C(=O)Nc4cc(C)on4)c2c1)CCCC3. The Labute approximate surface area is 168 Å². The molecular formula is C22H23N3O4. The second-order valence-electron chi connectivity index (χ2n) is 7.50. The van der Waals surface area contributed by atoms with E-state index in [0.717, 1.165) is 53.4 Å². The van der Waals surface area contributed by atoms with E-state index >= 15 is 0 Å². The number of anilines is 1. The van der Waals surface area contributed by atoms with Crippen LogP contribution in [0.25, 0.3) is 10.9 Å². The van der Waals surface area contributed by atoms with Crippen molar-refractivity contribution in [3.63, 3.8) is 0 Å². The van der Waals surface area contributed by atoms with Gasteiger partial charge >= 0.3 is 5.97 Å². The maximum absolute atomic E-state index is 13.1. The average Bonchev–Trinajstić information content (AvgIpc) is 3.10. The summed E-state index contributed by atoms with van der Waals surface area (Å²) in [4.78, 5) is 30.3. The number of fused-ring (bicyclic) bond motifs is 2. The molecule has 1 amide bonds. The molecule has 150 valence electrons. The zero-order valence-electron chi connectivity index (χ0n) is 16.7. The van der Waals surface area contributed by atoms with Crippen LogP contribution < -0.4 is 5.32 Å². The first-order valence-electron chi connectivity index (χ1n) is 9.79. The van der Waals surface area contributed by atoms with E-state index in [-0.39, 0.29) is 5.82 Å². The number of aromatic nitrogens is 2. The summed E-state index contributed by atoms with van der Waals surface area (Å²) in [5.74, 6) is -0.0943. The topological polar surface area (TPSA) is 94.3 Å². The van der Waals surface area contributed by atoms with Crippen molar-refractivity contribution >= 4 is 28.6 Å². The van der Waals surface area contributed by atoms with Gasteiger partial charge in [-0.05, 0) is 64.2 Å². The maximum atomic E-state index is 13.1. The lowest BCUT2D eigenvalue weighted by atomic mass is 9.89. The van der Waals surface area contributed by atoms with Gasteiger partial charge in [-0.3, -0.25) is 9.78 Å². The van der Waals surface area contributed by atoms with E-state index in [9.17, 15) is 9.59 Å². The number of hydrogen-bond acceptors (Lipinski definition) is 6. The van der Waals surface area contributed by atoms with Gasteiger partial charge in [0.1, 0.15) is 5.76 Å². The standard InChI is InChI=1S/C22H23N3O4/c1-12-8-9-18-16(10-12)20(15-6-4-5-7-17(15)23-18)22(27)28-14(3)21(26)24-19-11-13(2)29-25-19/h8-11,14H,4-7H2,1-3H3,(H,24,25,26)/t14-/m0/s1. The van der Waals surface area contributed by atoms with E-state index in [1.165, 1.54) is 0 Å². The minimum absolute atomic E-state index is 0.290. The molecule has 3 aromatic rings. The van der Waals surface area contributed by atoms with Gasteiger partial charge < -0.3 is 14.6 Å². The molecular weight excluding hydrogens is 370 g/mol. The lowest BCUT2D eigenvalue weighted by Gasteiger charge is -2.21. The lowest BCUT2D eigenvalue weighted by Crippen LogP contribution is -2.30. The van der Waals surface area contributed by atoms with E-state index in [2.05, 4.69) is 10.5 Å². The Balaban J connectivity index is 1.63. The first-order chi connectivity index (χ1) is 13.9. The van der Waals surface area contributed by atoms with Gasteiger partial charge in [0.2, 0.25) is 0 Å². The summed E-state index contributed by atoms with van der Waals surface area (Å²) in [6.07, 6.45) is 2.72. The Morgan fingerprint density at radius 1 is 1.17 bits per heavy atom. The number of hydrogen-bond donors (Lipinski definition) is 1. The number of carbonyl (C=O) groups is 2. The Bertz CT molecular complexity index is 1100. The Morgan fingerprint density at radius 3 is 2.72 bits per heavy atom. The van der Waals surface area contributed by atoms with Crippen LogP contribution in [0.15, 0.2) is 28.8 Å². The molecule has 0 spiro atoms. The van der Waals surface area contributed by atoms with Crippen molar-refractivity contribution in [3.05, 3.63) is 52.4 Å². The van der Waals surface area contributed by atoms with Crippen LogP contribution in [0.4, 0.5) is 5.82 Å². The molecule has 2 aromatic heterocycles. The molecule has 1 aliphatic rings. The molecule has 29 heavy (non-hydrogen) atoms. The molecule has 0 aliphatic heterocycles. The van der Waals surface area contributed by atoms with Crippen LogP contribution in [-0.4, -0.2) is 28.1 Å². The molecule has 0 bridgehead atoms. The molecule has 7 heteroatoms. The van der Waals surface area contributed by atoms with Crippen molar-refractivity contribution in [1.82, 2.24) is 10.1 Å². The zero-order valence-corrected chi connectivity index (χ0v) is 16.7. The van der Waals surface area contributed by atoms with Gasteiger partial charge in [-0.2, -0.15) is 0 Å². The minimum atomic E-state index is -0.980. The molecule has 0 saturated carbocycles. The quantitative estimate of drug-likeness (QED) is 0.676. The van der Waals surface area contributed by atoms with Gasteiger partial charge in [0.15, 0.2) is 11.9 Å². The summed E-state index contributed by atoms with van der Waals surface area (Å²) in [6, 6.07) is 7.47. The number of amides is 1. The first kappa shape index (κ1) is 19.1. The van der Waals surface area contributed by atoms with Crippen LogP contribution in [0.3, 0.4) is 0 Å². The van der Waals surface area contributed by atoms with Gasteiger partial charge in [0.25, 0.3) is 5.91 Å². The highest BCUT2D eigenvalue weighted by Crippen LogP contribution is 2.30. The predicted molar refractivity (Wildman–Crippen MR) is 108 cm³/mol. The number of esters is 1. The van der Waals surface area contributed by atoms with Crippen LogP contribution >= 0.6 is 0 Å². The molecule has 0 radical (unpaired) electrons. The fourth-order valence-electron chi connectivity index (χ4n) is 3.70. The molecule has 1 N–H and O–H groups in total. The normalized spacial score (nSPS) is 14.3. The number of nitrogens with one attached hydrogen (secondary N) is 1. The third kappa shape index (κ3) is 3.85. The van der Waals surface area contributed by atoms with Gasteiger partial charge in [0.05, 0.1) is 11.1 Å². The van der Waals surface area contributed by atoms with Crippen molar-refractivity contribution in [2.24, 2.45) is 0 Å². The van der Waals surface area contributed by atoms with Crippen LogP contribution in [-0.2, 0) is 22.4 Å². The molecule has 0 fully saturated rings. The summed E-state index contributed by atoms with van der Waals surface area (Å²) in [7, 11) is 0. The smallest absolute Gasteiger partial charge is 0.339 e. The minimum Gasteiger partial charge on any atom is -0.449 e. The zero-order chi connectivity index (χ0) is 20.5. The highest BCUT2D eigenvalue weighted by atomic mass is 16.5. The highest BCUT2D eigenvalue weighted by molar-refractivity contribution is 6.06. The summed E-state index contributed by atoms with van der Waals surface area (Å²) < 4.78 is 10.5. The van der Waals surface area contributed by atoms with Crippen LogP contribution in [0.5, 0.6) is 0 Å². The number of aryl methyl sites for hydroxylation is 3. The first-order valence-corrected chi connectivity index (χ1v) is 9.79. The highest BCUT2D eigenvalue weighted by Gasteiger charge is 2.27. The lowest BCUT2D eigenvalue weighted by molar-refractivity contribution is -0.123. The summed E-state index contributed by atoms with van der Waals surface area (Å²) in [5, 5.41) is 7.10. The van der Waals surface area contributed by atoms with Crippen molar-refractivity contribution in [1.29, 1.82) is 0 Å². The molecule has 0 saturated heterocycles. The Hall–Kier alpha value is -3.22. The molecule has 2 heterocycles. The molecule has 7 nitrogen and oxygen atoms in total.